The number of sulfonamides is 1. The van der Waals surface area contributed by atoms with Gasteiger partial charge in [0.1, 0.15) is 11.6 Å². The number of pyridine rings is 1. The molecular formula is C17H16N2O5S. The van der Waals surface area contributed by atoms with Gasteiger partial charge >= 0.3 is 5.97 Å². The van der Waals surface area contributed by atoms with Gasteiger partial charge in [-0.25, -0.2) is 22.5 Å². The number of carboxylic acid groups (broad SMARTS) is 1. The first-order chi connectivity index (χ1) is 11.9. The maximum absolute atomic E-state index is 12.9. The van der Waals surface area contributed by atoms with Crippen LogP contribution in [0.1, 0.15) is 11.1 Å². The van der Waals surface area contributed by atoms with Crippen molar-refractivity contribution in [2.45, 2.75) is 11.3 Å². The molecule has 1 aromatic heterocycles. The molecule has 0 atom stereocenters. The second kappa shape index (κ2) is 6.56. The van der Waals surface area contributed by atoms with E-state index in [1.54, 1.807) is 18.2 Å². The van der Waals surface area contributed by atoms with E-state index in [-0.39, 0.29) is 4.90 Å². The van der Waals surface area contributed by atoms with Gasteiger partial charge in [0.15, 0.2) is 0 Å². The summed E-state index contributed by atoms with van der Waals surface area (Å²) in [7, 11) is -2.20. The van der Waals surface area contributed by atoms with Crippen LogP contribution in [0.4, 0.5) is 5.82 Å². The highest BCUT2D eigenvalue weighted by Gasteiger charge is 2.32. The fourth-order valence-corrected chi connectivity index (χ4v) is 4.08. The fourth-order valence-electron chi connectivity index (χ4n) is 2.63. The molecule has 0 radical (unpaired) electrons. The summed E-state index contributed by atoms with van der Waals surface area (Å²) >= 11 is 0. The van der Waals surface area contributed by atoms with Crippen LogP contribution in [-0.4, -0.2) is 38.1 Å². The minimum absolute atomic E-state index is 0.165. The van der Waals surface area contributed by atoms with Crippen LogP contribution in [0.5, 0.6) is 5.75 Å². The Morgan fingerprint density at radius 3 is 2.68 bits per heavy atom. The number of aromatic nitrogens is 1. The van der Waals surface area contributed by atoms with Crippen molar-refractivity contribution in [1.29, 1.82) is 0 Å². The zero-order chi connectivity index (χ0) is 18.0. The Kier molecular flexibility index (Phi) is 4.45. The topological polar surface area (TPSA) is 96.8 Å². The van der Waals surface area contributed by atoms with E-state index >= 15 is 0 Å². The van der Waals surface area contributed by atoms with Gasteiger partial charge in [-0.05, 0) is 54.0 Å². The third-order valence-electron chi connectivity index (χ3n) is 3.85. The van der Waals surface area contributed by atoms with E-state index in [0.717, 1.165) is 11.6 Å². The van der Waals surface area contributed by atoms with E-state index < -0.39 is 16.0 Å². The van der Waals surface area contributed by atoms with Crippen LogP contribution >= 0.6 is 0 Å². The predicted molar refractivity (Wildman–Crippen MR) is 92.1 cm³/mol. The molecule has 1 aliphatic heterocycles. The van der Waals surface area contributed by atoms with Crippen molar-refractivity contribution < 1.29 is 23.1 Å². The van der Waals surface area contributed by atoms with Gasteiger partial charge in [0, 0.05) is 18.8 Å². The molecule has 0 fully saturated rings. The molecule has 0 saturated heterocycles. The van der Waals surface area contributed by atoms with E-state index in [1.807, 2.05) is 0 Å². The largest absolute Gasteiger partial charge is 0.497 e. The standard InChI is InChI=1S/C17H16N2O5S/c1-24-14-3-5-15(6-4-14)25(22,23)19-9-8-13-10-12(2-7-16(20)21)11-18-17(13)19/h2-7,10-11H,8-9H2,1H3,(H,20,21). The number of aliphatic carboxylic acids is 1. The lowest BCUT2D eigenvalue weighted by atomic mass is 10.1. The van der Waals surface area contributed by atoms with Crippen molar-refractivity contribution in [2.75, 3.05) is 18.0 Å². The van der Waals surface area contributed by atoms with E-state index in [9.17, 15) is 13.2 Å². The van der Waals surface area contributed by atoms with Crippen LogP contribution in [-0.2, 0) is 21.2 Å². The van der Waals surface area contributed by atoms with Crippen molar-refractivity contribution in [1.82, 2.24) is 4.98 Å². The summed E-state index contributed by atoms with van der Waals surface area (Å²) in [6, 6.07) is 7.94. The SMILES string of the molecule is COc1ccc(S(=O)(=O)N2CCc3cc(C=CC(=O)O)cnc32)cc1. The molecule has 0 aliphatic carbocycles. The Labute approximate surface area is 145 Å². The first-order valence-corrected chi connectivity index (χ1v) is 8.92. The molecule has 3 rings (SSSR count). The molecular weight excluding hydrogens is 344 g/mol. The number of methoxy groups -OCH3 is 1. The van der Waals surface area contributed by atoms with Crippen molar-refractivity contribution in [3.05, 3.63) is 53.7 Å². The summed E-state index contributed by atoms with van der Waals surface area (Å²) in [4.78, 5) is 15.0. The lowest BCUT2D eigenvalue weighted by Crippen LogP contribution is -2.29. The van der Waals surface area contributed by atoms with Gasteiger partial charge in [-0.3, -0.25) is 0 Å². The minimum atomic E-state index is -3.71. The molecule has 0 unspecified atom stereocenters. The van der Waals surface area contributed by atoms with Crippen LogP contribution in [0.15, 0.2) is 47.5 Å². The van der Waals surface area contributed by atoms with Crippen molar-refractivity contribution in [2.24, 2.45) is 0 Å². The van der Waals surface area contributed by atoms with E-state index in [0.29, 0.717) is 30.1 Å². The Balaban J connectivity index is 1.92. The number of benzene rings is 1. The Morgan fingerprint density at radius 1 is 1.32 bits per heavy atom. The summed E-state index contributed by atoms with van der Waals surface area (Å²) in [6.45, 7) is 0.294. The molecule has 7 nitrogen and oxygen atoms in total. The number of fused-ring (bicyclic) bond motifs is 1. The van der Waals surface area contributed by atoms with Gasteiger partial charge in [-0.15, -0.1) is 0 Å². The molecule has 8 heteroatoms. The van der Waals surface area contributed by atoms with Gasteiger partial charge in [0.05, 0.1) is 12.0 Å². The second-order valence-corrected chi connectivity index (χ2v) is 7.29. The van der Waals surface area contributed by atoms with Crippen LogP contribution < -0.4 is 9.04 Å². The summed E-state index contributed by atoms with van der Waals surface area (Å²) in [5.74, 6) is -0.0961. The average Bonchev–Trinajstić information content (AvgIpc) is 3.04. The van der Waals surface area contributed by atoms with Crippen molar-refractivity contribution in [3.8, 4) is 5.75 Å². The molecule has 0 bridgehead atoms. The average molecular weight is 360 g/mol. The zero-order valence-electron chi connectivity index (χ0n) is 13.4. The number of hydrogen-bond acceptors (Lipinski definition) is 5. The number of ether oxygens (including phenoxy) is 1. The van der Waals surface area contributed by atoms with E-state index in [2.05, 4.69) is 4.98 Å². The third kappa shape index (κ3) is 3.34. The monoisotopic (exact) mass is 360 g/mol. The normalized spacial score (nSPS) is 13.9. The fraction of sp³-hybridized carbons (Fsp3) is 0.176. The molecule has 0 spiro atoms. The smallest absolute Gasteiger partial charge is 0.328 e. The van der Waals surface area contributed by atoms with Gasteiger partial charge in [-0.1, -0.05) is 0 Å². The molecule has 0 saturated carbocycles. The maximum Gasteiger partial charge on any atom is 0.328 e. The minimum Gasteiger partial charge on any atom is -0.497 e. The highest BCUT2D eigenvalue weighted by molar-refractivity contribution is 7.92. The number of rotatable bonds is 5. The van der Waals surface area contributed by atoms with Gasteiger partial charge in [0.2, 0.25) is 0 Å². The number of carboxylic acids is 1. The molecule has 1 N–H and O–H groups in total. The molecule has 2 heterocycles. The van der Waals surface area contributed by atoms with E-state index in [1.165, 1.54) is 35.8 Å². The molecule has 1 aromatic carbocycles. The Hall–Kier alpha value is -2.87. The van der Waals surface area contributed by atoms with Gasteiger partial charge in [-0.2, -0.15) is 0 Å². The van der Waals surface area contributed by atoms with E-state index in [4.69, 9.17) is 9.84 Å². The van der Waals surface area contributed by atoms with Crippen LogP contribution in [0.2, 0.25) is 0 Å². The summed E-state index contributed by atoms with van der Waals surface area (Å²) in [5, 5.41) is 8.68. The van der Waals surface area contributed by atoms with Gasteiger partial charge in [0.25, 0.3) is 10.0 Å². The lowest BCUT2D eigenvalue weighted by Gasteiger charge is -2.18. The lowest BCUT2D eigenvalue weighted by molar-refractivity contribution is -0.131. The highest BCUT2D eigenvalue weighted by Crippen LogP contribution is 2.32. The molecule has 2 aromatic rings. The van der Waals surface area contributed by atoms with Crippen LogP contribution in [0.25, 0.3) is 6.08 Å². The number of nitrogens with zero attached hydrogens (tertiary/aromatic N) is 2. The number of carbonyl (C=O) groups is 1. The first-order valence-electron chi connectivity index (χ1n) is 7.48. The van der Waals surface area contributed by atoms with Crippen molar-refractivity contribution >= 4 is 27.9 Å². The van der Waals surface area contributed by atoms with Crippen molar-refractivity contribution in [3.63, 3.8) is 0 Å². The number of anilines is 1. The van der Waals surface area contributed by atoms with Gasteiger partial charge < -0.3 is 9.84 Å². The second-order valence-electron chi connectivity index (χ2n) is 5.43. The summed E-state index contributed by atoms with van der Waals surface area (Å²) < 4.78 is 32.0. The Morgan fingerprint density at radius 2 is 2.04 bits per heavy atom. The maximum atomic E-state index is 12.9. The highest BCUT2D eigenvalue weighted by atomic mass is 32.2. The quantitative estimate of drug-likeness (QED) is 0.819. The summed E-state index contributed by atoms with van der Waals surface area (Å²) in [5.41, 5.74) is 1.38. The summed E-state index contributed by atoms with van der Waals surface area (Å²) in [6.07, 6.45) is 4.42. The Bertz CT molecular complexity index is 936. The number of hydrogen-bond donors (Lipinski definition) is 1. The third-order valence-corrected chi connectivity index (χ3v) is 5.65. The van der Waals surface area contributed by atoms with Crippen LogP contribution in [0, 0.1) is 0 Å². The first kappa shape index (κ1) is 17.0. The molecule has 25 heavy (non-hydrogen) atoms. The van der Waals surface area contributed by atoms with Crippen LogP contribution in [0.3, 0.4) is 0 Å². The molecule has 0 amide bonds. The molecule has 1 aliphatic rings. The predicted octanol–water partition coefficient (Wildman–Crippen LogP) is 1.94. The molecule has 130 valence electrons. The zero-order valence-corrected chi connectivity index (χ0v) is 14.2.